The molecule has 9 nitrogen and oxygen atoms in total. The lowest BCUT2D eigenvalue weighted by atomic mass is 9.89. The van der Waals surface area contributed by atoms with Crippen LogP contribution >= 0.6 is 0 Å². The molecule has 0 unspecified atom stereocenters. The molecule has 1 saturated carbocycles. The van der Waals surface area contributed by atoms with Crippen molar-refractivity contribution in [2.24, 2.45) is 0 Å². The second-order valence-electron chi connectivity index (χ2n) is 9.61. The summed E-state index contributed by atoms with van der Waals surface area (Å²) in [5.74, 6) is 1.86. The van der Waals surface area contributed by atoms with Crippen LogP contribution in [0, 0.1) is 0 Å². The number of anilines is 1. The second kappa shape index (κ2) is 11.6. The van der Waals surface area contributed by atoms with Crippen molar-refractivity contribution in [3.8, 4) is 5.75 Å². The molecule has 1 N–H and O–H groups in total. The number of carbonyl (C=O) groups is 2. The van der Waals surface area contributed by atoms with Crippen LogP contribution in [0.5, 0.6) is 5.75 Å². The van der Waals surface area contributed by atoms with E-state index in [0.29, 0.717) is 31.1 Å². The molecule has 190 valence electrons. The lowest BCUT2D eigenvalue weighted by molar-refractivity contribution is -0.131. The molecule has 2 fully saturated rings. The summed E-state index contributed by atoms with van der Waals surface area (Å²) < 4.78 is 10.8. The first-order chi connectivity index (χ1) is 17.0. The molecule has 2 amide bonds. The minimum atomic E-state index is -0.566. The van der Waals surface area contributed by atoms with E-state index in [0.717, 1.165) is 76.0 Å². The zero-order chi connectivity index (χ0) is 24.7. The van der Waals surface area contributed by atoms with Crippen LogP contribution < -0.4 is 15.0 Å². The van der Waals surface area contributed by atoms with E-state index in [9.17, 15) is 9.59 Å². The van der Waals surface area contributed by atoms with Gasteiger partial charge in [0.2, 0.25) is 17.7 Å². The fraction of sp³-hybridized carbons (Fsp3) is 0.615. The highest BCUT2D eigenvalue weighted by Gasteiger charge is 2.38. The first kappa shape index (κ1) is 25.0. The van der Waals surface area contributed by atoms with E-state index in [4.69, 9.17) is 9.26 Å². The van der Waals surface area contributed by atoms with E-state index in [1.165, 1.54) is 6.92 Å². The number of rotatable bonds is 7. The predicted molar refractivity (Wildman–Crippen MR) is 132 cm³/mol. The van der Waals surface area contributed by atoms with Crippen molar-refractivity contribution >= 4 is 17.5 Å². The molecule has 0 spiro atoms. The number of nitrogens with one attached hydrogen (secondary N) is 1. The molecule has 1 saturated heterocycles. The maximum absolute atomic E-state index is 13.0. The average molecular weight is 484 g/mol. The topological polar surface area (TPSA) is 101 Å². The number of methoxy groups -OCH3 is 1. The first-order valence-electron chi connectivity index (χ1n) is 12.8. The molecule has 1 aromatic heterocycles. The Morgan fingerprint density at radius 3 is 2.46 bits per heavy atom. The normalized spacial score (nSPS) is 18.5. The van der Waals surface area contributed by atoms with Crippen molar-refractivity contribution < 1.29 is 18.8 Å². The maximum Gasteiger partial charge on any atom is 0.227 e. The maximum atomic E-state index is 13.0. The highest BCUT2D eigenvalue weighted by Crippen LogP contribution is 2.34. The van der Waals surface area contributed by atoms with Crippen LogP contribution in [0.1, 0.15) is 70.0 Å². The summed E-state index contributed by atoms with van der Waals surface area (Å²) in [5.41, 5.74) is 0.578. The van der Waals surface area contributed by atoms with Gasteiger partial charge in [0.15, 0.2) is 5.82 Å². The molecule has 4 rings (SSSR count). The summed E-state index contributed by atoms with van der Waals surface area (Å²) in [6.07, 6.45) is 7.60. The van der Waals surface area contributed by atoms with E-state index >= 15 is 0 Å². The monoisotopic (exact) mass is 483 g/mol. The molecule has 2 aliphatic rings. The molecular weight excluding hydrogens is 446 g/mol. The largest absolute Gasteiger partial charge is 0.497 e. The van der Waals surface area contributed by atoms with Crippen LogP contribution in [0.15, 0.2) is 28.8 Å². The van der Waals surface area contributed by atoms with E-state index in [2.05, 4.69) is 32.5 Å². The zero-order valence-electron chi connectivity index (χ0n) is 20.9. The molecule has 1 aliphatic carbocycles. The third kappa shape index (κ3) is 6.32. The number of aromatic nitrogens is 2. The molecule has 1 aliphatic heterocycles. The van der Waals surface area contributed by atoms with E-state index < -0.39 is 5.54 Å². The second-order valence-corrected chi connectivity index (χ2v) is 9.61. The van der Waals surface area contributed by atoms with Gasteiger partial charge < -0.3 is 24.4 Å². The number of benzene rings is 1. The Balaban J connectivity index is 1.32. The Bertz CT molecular complexity index is 982. The summed E-state index contributed by atoms with van der Waals surface area (Å²) in [7, 11) is 1.66. The van der Waals surface area contributed by atoms with Gasteiger partial charge in [-0.2, -0.15) is 4.98 Å². The number of hydrogen-bond donors (Lipinski definition) is 1. The van der Waals surface area contributed by atoms with Crippen LogP contribution in [0.4, 0.5) is 5.69 Å². The zero-order valence-corrected chi connectivity index (χ0v) is 20.9. The van der Waals surface area contributed by atoms with Gasteiger partial charge in [0.05, 0.1) is 7.11 Å². The molecular formula is C26H37N5O4. The van der Waals surface area contributed by atoms with Gasteiger partial charge in [0.25, 0.3) is 0 Å². The number of amides is 2. The number of carbonyl (C=O) groups excluding carboxylic acids is 2. The molecule has 35 heavy (non-hydrogen) atoms. The van der Waals surface area contributed by atoms with Gasteiger partial charge >= 0.3 is 0 Å². The molecule has 9 heteroatoms. The number of ether oxygens (including phenoxy) is 1. The van der Waals surface area contributed by atoms with E-state index in [1.807, 2.05) is 17.0 Å². The van der Waals surface area contributed by atoms with Gasteiger partial charge in [-0.25, -0.2) is 0 Å². The van der Waals surface area contributed by atoms with Gasteiger partial charge in [0.1, 0.15) is 11.3 Å². The summed E-state index contributed by atoms with van der Waals surface area (Å²) in [6, 6.07) is 8.05. The van der Waals surface area contributed by atoms with E-state index in [-0.39, 0.29) is 11.8 Å². The first-order valence-corrected chi connectivity index (χ1v) is 12.8. The van der Waals surface area contributed by atoms with Gasteiger partial charge in [-0.15, -0.1) is 0 Å². The average Bonchev–Trinajstić information content (AvgIpc) is 3.04. The number of aryl methyl sites for hydroxylation is 1. The fourth-order valence-electron chi connectivity index (χ4n) is 5.21. The summed E-state index contributed by atoms with van der Waals surface area (Å²) in [4.78, 5) is 33.7. The molecule has 0 atom stereocenters. The van der Waals surface area contributed by atoms with Crippen molar-refractivity contribution in [1.29, 1.82) is 0 Å². The Labute approximate surface area is 207 Å². The van der Waals surface area contributed by atoms with Crippen LogP contribution in [0.25, 0.3) is 0 Å². The van der Waals surface area contributed by atoms with Crippen LogP contribution in [-0.4, -0.2) is 60.1 Å². The Hall–Kier alpha value is -3.10. The van der Waals surface area contributed by atoms with Crippen LogP contribution in [0.2, 0.25) is 0 Å². The third-order valence-electron chi connectivity index (χ3n) is 7.11. The number of hydrogen-bond acceptors (Lipinski definition) is 7. The third-order valence-corrected chi connectivity index (χ3v) is 7.11. The van der Waals surface area contributed by atoms with Gasteiger partial charge in [-0.3, -0.25) is 9.59 Å². The van der Waals surface area contributed by atoms with E-state index in [1.54, 1.807) is 7.11 Å². The quantitative estimate of drug-likeness (QED) is 0.602. The highest BCUT2D eigenvalue weighted by molar-refractivity contribution is 5.76. The Kier molecular flexibility index (Phi) is 8.25. The lowest BCUT2D eigenvalue weighted by Gasteiger charge is -2.30. The van der Waals surface area contributed by atoms with Crippen molar-refractivity contribution in [3.05, 3.63) is 36.0 Å². The SMILES string of the molecule is COc1ccc(N2CCCN(C(=O)CCc3nc(C4(NC(C)=O)CCCCCC4)no3)CC2)cc1. The molecule has 0 bridgehead atoms. The molecule has 1 aromatic carbocycles. The van der Waals surface area contributed by atoms with Gasteiger partial charge in [0, 0.05) is 51.6 Å². The Morgan fingerprint density at radius 1 is 1.03 bits per heavy atom. The molecule has 2 aromatic rings. The summed E-state index contributed by atoms with van der Waals surface area (Å²) >= 11 is 0. The Morgan fingerprint density at radius 2 is 1.77 bits per heavy atom. The van der Waals surface area contributed by atoms with Crippen molar-refractivity contribution in [2.75, 3.05) is 38.2 Å². The van der Waals surface area contributed by atoms with Crippen LogP contribution in [-0.2, 0) is 21.5 Å². The van der Waals surface area contributed by atoms with Crippen molar-refractivity contribution in [2.45, 2.75) is 70.3 Å². The molecule has 2 heterocycles. The summed E-state index contributed by atoms with van der Waals surface area (Å²) in [6.45, 7) is 4.66. The standard InChI is InChI=1S/C26H37N5O4/c1-20(32)28-26(14-5-3-4-6-15-26)25-27-23(35-29-25)12-13-24(33)31-17-7-16-30(18-19-31)21-8-10-22(34-2)11-9-21/h8-11H,3-7,12-19H2,1-2H3,(H,28,32). The van der Waals surface area contributed by atoms with Gasteiger partial charge in [-0.05, 0) is 43.5 Å². The lowest BCUT2D eigenvalue weighted by Crippen LogP contribution is -2.45. The van der Waals surface area contributed by atoms with Gasteiger partial charge in [-0.1, -0.05) is 30.8 Å². The fourth-order valence-corrected chi connectivity index (χ4v) is 5.21. The van der Waals surface area contributed by atoms with Crippen molar-refractivity contribution in [1.82, 2.24) is 20.4 Å². The van der Waals surface area contributed by atoms with Crippen LogP contribution in [0.3, 0.4) is 0 Å². The minimum Gasteiger partial charge on any atom is -0.497 e. The smallest absolute Gasteiger partial charge is 0.227 e. The predicted octanol–water partition coefficient (Wildman–Crippen LogP) is 3.44. The minimum absolute atomic E-state index is 0.0849. The van der Waals surface area contributed by atoms with Crippen molar-refractivity contribution in [3.63, 3.8) is 0 Å². The number of nitrogens with zero attached hydrogens (tertiary/aromatic N) is 4. The summed E-state index contributed by atoms with van der Waals surface area (Å²) in [5, 5.41) is 7.33. The molecule has 0 radical (unpaired) electrons. The highest BCUT2D eigenvalue weighted by atomic mass is 16.5.